The second kappa shape index (κ2) is 8.27. The molecule has 0 saturated carbocycles. The molecule has 0 atom stereocenters. The Morgan fingerprint density at radius 2 is 2.13 bits per heavy atom. The van der Waals surface area contributed by atoms with Crippen LogP contribution in [-0.2, 0) is 16.1 Å². The summed E-state index contributed by atoms with van der Waals surface area (Å²) in [7, 11) is 0. The molecular weight excluding hydrogens is 312 g/mol. The summed E-state index contributed by atoms with van der Waals surface area (Å²) in [5.41, 5.74) is 2.55. The Hall–Kier alpha value is -1.65. The lowest BCUT2D eigenvalue weighted by atomic mass is 10.1. The standard InChI is InChI=1S/C18H23ClN2O2/c1-13(2)23-9-8-21(12-15-6-4-5-7-17(15)19)18(22)16-10-14(3)20-11-16/h4-7,10,13H,8-9,11-12H2,1-3H3. The van der Waals surface area contributed by atoms with E-state index in [1.165, 1.54) is 0 Å². The third-order valence-electron chi connectivity index (χ3n) is 3.58. The Labute approximate surface area is 142 Å². The Balaban J connectivity index is 2.10. The fourth-order valence-electron chi connectivity index (χ4n) is 2.37. The molecular formula is C18H23ClN2O2. The molecule has 2 rings (SSSR count). The van der Waals surface area contributed by atoms with Crippen LogP contribution in [0, 0.1) is 0 Å². The van der Waals surface area contributed by atoms with E-state index in [1.807, 2.05) is 51.1 Å². The number of carbonyl (C=O) groups is 1. The van der Waals surface area contributed by atoms with Crippen LogP contribution in [0.15, 0.2) is 40.9 Å². The van der Waals surface area contributed by atoms with E-state index in [9.17, 15) is 4.79 Å². The number of amides is 1. The highest BCUT2D eigenvalue weighted by Gasteiger charge is 2.21. The van der Waals surface area contributed by atoms with Crippen LogP contribution in [-0.4, -0.2) is 42.3 Å². The fourth-order valence-corrected chi connectivity index (χ4v) is 2.56. The predicted molar refractivity (Wildman–Crippen MR) is 94.0 cm³/mol. The molecule has 1 aromatic carbocycles. The third kappa shape index (κ3) is 5.19. The summed E-state index contributed by atoms with van der Waals surface area (Å²) in [6.07, 6.45) is 1.99. The molecule has 1 aromatic rings. The number of nitrogens with zero attached hydrogens (tertiary/aromatic N) is 2. The molecule has 0 spiro atoms. The molecule has 1 aliphatic rings. The molecule has 0 aromatic heterocycles. The molecule has 1 heterocycles. The van der Waals surface area contributed by atoms with E-state index in [2.05, 4.69) is 4.99 Å². The first-order valence-electron chi connectivity index (χ1n) is 7.83. The summed E-state index contributed by atoms with van der Waals surface area (Å²) < 4.78 is 5.60. The van der Waals surface area contributed by atoms with Gasteiger partial charge in [0.2, 0.25) is 0 Å². The molecule has 0 bridgehead atoms. The van der Waals surface area contributed by atoms with Gasteiger partial charge in [0, 0.05) is 29.4 Å². The number of hydrogen-bond donors (Lipinski definition) is 0. The van der Waals surface area contributed by atoms with Crippen LogP contribution in [0.25, 0.3) is 0 Å². The lowest BCUT2D eigenvalue weighted by Gasteiger charge is -2.24. The zero-order chi connectivity index (χ0) is 16.8. The average molecular weight is 335 g/mol. The summed E-state index contributed by atoms with van der Waals surface area (Å²) in [5, 5.41) is 0.669. The molecule has 0 unspecified atom stereocenters. The van der Waals surface area contributed by atoms with Crippen LogP contribution in [0.5, 0.6) is 0 Å². The van der Waals surface area contributed by atoms with Crippen molar-refractivity contribution in [1.29, 1.82) is 0 Å². The third-order valence-corrected chi connectivity index (χ3v) is 3.94. The Kier molecular flexibility index (Phi) is 6.37. The van der Waals surface area contributed by atoms with Gasteiger partial charge in [-0.15, -0.1) is 0 Å². The number of allylic oxidation sites excluding steroid dienone is 1. The number of halogens is 1. The van der Waals surface area contributed by atoms with Crippen LogP contribution >= 0.6 is 11.6 Å². The van der Waals surface area contributed by atoms with Crippen molar-refractivity contribution in [1.82, 2.24) is 4.90 Å². The maximum atomic E-state index is 12.8. The van der Waals surface area contributed by atoms with Crippen molar-refractivity contribution in [3.8, 4) is 0 Å². The molecule has 1 amide bonds. The number of ether oxygens (including phenoxy) is 1. The van der Waals surface area contributed by atoms with Gasteiger partial charge in [0.05, 0.1) is 19.3 Å². The maximum Gasteiger partial charge on any atom is 0.252 e. The quantitative estimate of drug-likeness (QED) is 0.766. The van der Waals surface area contributed by atoms with Gasteiger partial charge in [-0.25, -0.2) is 0 Å². The minimum Gasteiger partial charge on any atom is -0.377 e. The normalized spacial score (nSPS) is 14.0. The summed E-state index contributed by atoms with van der Waals surface area (Å²) in [6, 6.07) is 7.59. The molecule has 0 radical (unpaired) electrons. The van der Waals surface area contributed by atoms with Crippen molar-refractivity contribution in [3.63, 3.8) is 0 Å². The second-order valence-corrected chi connectivity index (χ2v) is 6.27. The minimum absolute atomic E-state index is 0.00197. The summed E-state index contributed by atoms with van der Waals surface area (Å²) >= 11 is 6.23. The Morgan fingerprint density at radius 3 is 2.74 bits per heavy atom. The van der Waals surface area contributed by atoms with Crippen LogP contribution in [0.2, 0.25) is 5.02 Å². The van der Waals surface area contributed by atoms with Gasteiger partial charge in [-0.1, -0.05) is 29.8 Å². The van der Waals surface area contributed by atoms with E-state index in [1.54, 1.807) is 4.90 Å². The molecule has 124 valence electrons. The topological polar surface area (TPSA) is 41.9 Å². The smallest absolute Gasteiger partial charge is 0.252 e. The van der Waals surface area contributed by atoms with Gasteiger partial charge in [-0.2, -0.15) is 0 Å². The lowest BCUT2D eigenvalue weighted by Crippen LogP contribution is -2.35. The first-order valence-corrected chi connectivity index (χ1v) is 8.21. The molecule has 23 heavy (non-hydrogen) atoms. The molecule has 0 aliphatic carbocycles. The van der Waals surface area contributed by atoms with Crippen molar-refractivity contribution in [2.24, 2.45) is 4.99 Å². The van der Waals surface area contributed by atoms with Gasteiger partial charge in [0.1, 0.15) is 0 Å². The zero-order valence-corrected chi connectivity index (χ0v) is 14.6. The fraction of sp³-hybridized carbons (Fsp3) is 0.444. The van der Waals surface area contributed by atoms with E-state index in [0.717, 1.165) is 16.8 Å². The van der Waals surface area contributed by atoms with Crippen molar-refractivity contribution in [3.05, 3.63) is 46.5 Å². The van der Waals surface area contributed by atoms with Crippen LogP contribution in [0.4, 0.5) is 0 Å². The molecule has 4 nitrogen and oxygen atoms in total. The summed E-state index contributed by atoms with van der Waals surface area (Å²) in [6.45, 7) is 7.82. The van der Waals surface area contributed by atoms with E-state index in [4.69, 9.17) is 16.3 Å². The Bertz CT molecular complexity index is 623. The van der Waals surface area contributed by atoms with Gasteiger partial charge in [0.15, 0.2) is 0 Å². The molecule has 0 N–H and O–H groups in total. The SMILES string of the molecule is CC1=NCC(C(=O)N(CCOC(C)C)Cc2ccccc2Cl)=C1. The molecule has 0 fully saturated rings. The lowest BCUT2D eigenvalue weighted by molar-refractivity contribution is -0.128. The van der Waals surface area contributed by atoms with Crippen LogP contribution in [0.3, 0.4) is 0 Å². The highest BCUT2D eigenvalue weighted by atomic mass is 35.5. The second-order valence-electron chi connectivity index (χ2n) is 5.86. The van der Waals surface area contributed by atoms with Gasteiger partial charge in [-0.3, -0.25) is 9.79 Å². The monoisotopic (exact) mass is 334 g/mol. The first-order chi connectivity index (χ1) is 11.0. The number of aliphatic imine (C=N–C) groups is 1. The van der Waals surface area contributed by atoms with Crippen LogP contribution < -0.4 is 0 Å². The summed E-state index contributed by atoms with van der Waals surface area (Å²) in [5.74, 6) is -0.00197. The van der Waals surface area contributed by atoms with Gasteiger partial charge in [0.25, 0.3) is 5.91 Å². The van der Waals surface area contributed by atoms with Crippen molar-refractivity contribution in [2.75, 3.05) is 19.7 Å². The summed E-state index contributed by atoms with van der Waals surface area (Å²) in [4.78, 5) is 18.8. The van der Waals surface area contributed by atoms with Crippen molar-refractivity contribution < 1.29 is 9.53 Å². The van der Waals surface area contributed by atoms with Gasteiger partial charge < -0.3 is 9.64 Å². The van der Waals surface area contributed by atoms with E-state index >= 15 is 0 Å². The predicted octanol–water partition coefficient (Wildman–Crippen LogP) is 3.49. The Morgan fingerprint density at radius 1 is 1.39 bits per heavy atom. The van der Waals surface area contributed by atoms with E-state index < -0.39 is 0 Å². The number of hydrogen-bond acceptors (Lipinski definition) is 3. The van der Waals surface area contributed by atoms with E-state index in [0.29, 0.717) is 31.3 Å². The number of carbonyl (C=O) groups excluding carboxylic acids is 1. The molecule has 1 aliphatic heterocycles. The number of benzene rings is 1. The van der Waals surface area contributed by atoms with Gasteiger partial charge >= 0.3 is 0 Å². The first kappa shape index (κ1) is 17.7. The van der Waals surface area contributed by atoms with E-state index in [-0.39, 0.29) is 12.0 Å². The van der Waals surface area contributed by atoms with Crippen molar-refractivity contribution in [2.45, 2.75) is 33.4 Å². The maximum absolute atomic E-state index is 12.8. The average Bonchev–Trinajstić information content (AvgIpc) is 2.94. The minimum atomic E-state index is -0.00197. The molecule has 0 saturated heterocycles. The van der Waals surface area contributed by atoms with Crippen LogP contribution in [0.1, 0.15) is 26.3 Å². The highest BCUT2D eigenvalue weighted by Crippen LogP contribution is 2.19. The highest BCUT2D eigenvalue weighted by molar-refractivity contribution is 6.31. The largest absolute Gasteiger partial charge is 0.377 e. The molecule has 5 heteroatoms. The zero-order valence-electron chi connectivity index (χ0n) is 13.9. The van der Waals surface area contributed by atoms with Gasteiger partial charge in [-0.05, 0) is 38.5 Å². The number of rotatable bonds is 7. The van der Waals surface area contributed by atoms with Crippen molar-refractivity contribution >= 4 is 23.2 Å².